The molecule has 0 aromatic heterocycles. The molecule has 0 radical (unpaired) electrons. The molecule has 2 nitrogen and oxygen atoms in total. The first-order valence-corrected chi connectivity index (χ1v) is 6.97. The Morgan fingerprint density at radius 3 is 2.48 bits per heavy atom. The third kappa shape index (κ3) is 3.98. The molecule has 110 valence electrons. The topological polar surface area (TPSA) is 38.0 Å². The minimum Gasteiger partial charge on any atom is -0.389 e. The van der Waals surface area contributed by atoms with Gasteiger partial charge in [-0.25, -0.2) is 8.78 Å². The maximum Gasteiger partial charge on any atom is 0.135 e. The number of thiocarbonyl (C=S) groups is 1. The predicted octanol–water partition coefficient (Wildman–Crippen LogP) is 3.64. The zero-order chi connectivity index (χ0) is 15.4. The van der Waals surface area contributed by atoms with Crippen LogP contribution in [0, 0.1) is 11.6 Å². The van der Waals surface area contributed by atoms with Gasteiger partial charge in [0, 0.05) is 11.7 Å². The number of nitrogens with two attached hydrogens (primary N) is 1. The Kier molecular flexibility index (Phi) is 4.85. The Morgan fingerprint density at radius 1 is 1.19 bits per heavy atom. The lowest BCUT2D eigenvalue weighted by Crippen LogP contribution is -2.22. The zero-order valence-electron chi connectivity index (χ0n) is 11.6. The van der Waals surface area contributed by atoms with Crippen molar-refractivity contribution in [2.24, 2.45) is 5.73 Å². The zero-order valence-corrected chi connectivity index (χ0v) is 12.4. The standard InChI is InChI=1S/C16H16F2N2S/c1-10(9-11-5-7-12(17)8-6-11)20-14-4-2-3-13(18)15(14)16(19)21/h2-8,10,20H,9H2,1H3,(H2,19,21). The molecular weight excluding hydrogens is 290 g/mol. The number of halogens is 2. The van der Waals surface area contributed by atoms with Crippen molar-refractivity contribution in [3.8, 4) is 0 Å². The van der Waals surface area contributed by atoms with Crippen LogP contribution in [0.15, 0.2) is 42.5 Å². The second-order valence-electron chi connectivity index (χ2n) is 4.90. The van der Waals surface area contributed by atoms with Crippen LogP contribution in [-0.4, -0.2) is 11.0 Å². The van der Waals surface area contributed by atoms with E-state index < -0.39 is 5.82 Å². The van der Waals surface area contributed by atoms with Crippen molar-refractivity contribution in [1.82, 2.24) is 0 Å². The van der Waals surface area contributed by atoms with Crippen molar-refractivity contribution >= 4 is 22.9 Å². The molecule has 0 saturated carbocycles. The van der Waals surface area contributed by atoms with E-state index in [1.165, 1.54) is 18.2 Å². The average Bonchev–Trinajstić information content (AvgIpc) is 2.41. The lowest BCUT2D eigenvalue weighted by atomic mass is 10.1. The van der Waals surface area contributed by atoms with Crippen molar-refractivity contribution in [3.63, 3.8) is 0 Å². The van der Waals surface area contributed by atoms with Gasteiger partial charge >= 0.3 is 0 Å². The summed E-state index contributed by atoms with van der Waals surface area (Å²) in [5, 5.41) is 3.19. The van der Waals surface area contributed by atoms with Crippen LogP contribution in [0.4, 0.5) is 14.5 Å². The second-order valence-corrected chi connectivity index (χ2v) is 5.34. The number of rotatable bonds is 5. The van der Waals surface area contributed by atoms with Crippen LogP contribution in [0.2, 0.25) is 0 Å². The number of hydrogen-bond acceptors (Lipinski definition) is 2. The largest absolute Gasteiger partial charge is 0.389 e. The number of nitrogens with one attached hydrogen (secondary N) is 1. The van der Waals surface area contributed by atoms with Crippen molar-refractivity contribution in [2.75, 3.05) is 5.32 Å². The van der Waals surface area contributed by atoms with Gasteiger partial charge in [0.25, 0.3) is 0 Å². The molecule has 0 aliphatic carbocycles. The maximum atomic E-state index is 13.8. The van der Waals surface area contributed by atoms with Crippen LogP contribution in [-0.2, 0) is 6.42 Å². The molecule has 0 fully saturated rings. The van der Waals surface area contributed by atoms with E-state index in [1.54, 1.807) is 24.3 Å². The van der Waals surface area contributed by atoms with E-state index in [1.807, 2.05) is 6.92 Å². The highest BCUT2D eigenvalue weighted by Crippen LogP contribution is 2.20. The summed E-state index contributed by atoms with van der Waals surface area (Å²) >= 11 is 4.89. The normalized spacial score (nSPS) is 12.0. The van der Waals surface area contributed by atoms with Gasteiger partial charge in [0.1, 0.15) is 16.6 Å². The van der Waals surface area contributed by atoms with Crippen molar-refractivity contribution in [3.05, 3.63) is 65.2 Å². The van der Waals surface area contributed by atoms with Crippen LogP contribution in [0.3, 0.4) is 0 Å². The van der Waals surface area contributed by atoms with Gasteiger partial charge in [0.05, 0.1) is 5.56 Å². The van der Waals surface area contributed by atoms with Gasteiger partial charge in [-0.05, 0) is 43.2 Å². The molecule has 2 aromatic carbocycles. The van der Waals surface area contributed by atoms with E-state index >= 15 is 0 Å². The molecule has 0 aliphatic rings. The van der Waals surface area contributed by atoms with Gasteiger partial charge in [-0.3, -0.25) is 0 Å². The molecule has 0 spiro atoms. The molecule has 1 unspecified atom stereocenters. The first-order valence-electron chi connectivity index (χ1n) is 6.56. The third-order valence-corrected chi connectivity index (χ3v) is 3.32. The SMILES string of the molecule is CC(Cc1ccc(F)cc1)Nc1cccc(F)c1C(N)=S. The third-order valence-electron chi connectivity index (χ3n) is 3.12. The van der Waals surface area contributed by atoms with E-state index in [-0.39, 0.29) is 22.4 Å². The molecular formula is C16H16F2N2S. The molecule has 21 heavy (non-hydrogen) atoms. The van der Waals surface area contributed by atoms with Crippen LogP contribution in [0.1, 0.15) is 18.1 Å². The van der Waals surface area contributed by atoms with Crippen LogP contribution in [0.25, 0.3) is 0 Å². The molecule has 2 rings (SSSR count). The number of hydrogen-bond donors (Lipinski definition) is 2. The Balaban J connectivity index is 2.13. The van der Waals surface area contributed by atoms with E-state index in [0.29, 0.717) is 12.1 Å². The Labute approximate surface area is 128 Å². The first-order chi connectivity index (χ1) is 9.97. The van der Waals surface area contributed by atoms with Crippen LogP contribution < -0.4 is 11.1 Å². The van der Waals surface area contributed by atoms with E-state index in [9.17, 15) is 8.78 Å². The molecule has 0 saturated heterocycles. The fourth-order valence-electron chi connectivity index (χ4n) is 2.19. The molecule has 5 heteroatoms. The highest BCUT2D eigenvalue weighted by atomic mass is 32.1. The van der Waals surface area contributed by atoms with E-state index in [0.717, 1.165) is 5.56 Å². The summed E-state index contributed by atoms with van der Waals surface area (Å²) in [4.78, 5) is 0.0181. The maximum absolute atomic E-state index is 13.8. The Morgan fingerprint density at radius 2 is 1.86 bits per heavy atom. The van der Waals surface area contributed by atoms with E-state index in [2.05, 4.69) is 5.32 Å². The summed E-state index contributed by atoms with van der Waals surface area (Å²) in [6.45, 7) is 1.96. The lowest BCUT2D eigenvalue weighted by molar-refractivity contribution is 0.624. The average molecular weight is 306 g/mol. The highest BCUT2D eigenvalue weighted by molar-refractivity contribution is 7.80. The predicted molar refractivity (Wildman–Crippen MR) is 85.5 cm³/mol. The molecule has 0 aliphatic heterocycles. The Hall–Kier alpha value is -2.01. The quantitative estimate of drug-likeness (QED) is 0.828. The summed E-state index contributed by atoms with van der Waals surface area (Å²) in [5.41, 5.74) is 7.35. The van der Waals surface area contributed by atoms with Crippen molar-refractivity contribution in [2.45, 2.75) is 19.4 Å². The van der Waals surface area contributed by atoms with Gasteiger partial charge in [0.2, 0.25) is 0 Å². The summed E-state index contributed by atoms with van der Waals surface area (Å²) in [5.74, 6) is -0.707. The second kappa shape index (κ2) is 6.63. The number of anilines is 1. The molecule has 2 aromatic rings. The van der Waals surface area contributed by atoms with Gasteiger partial charge in [0.15, 0.2) is 0 Å². The van der Waals surface area contributed by atoms with Crippen LogP contribution in [0.5, 0.6) is 0 Å². The molecule has 0 heterocycles. The summed E-state index contributed by atoms with van der Waals surface area (Å²) in [7, 11) is 0. The smallest absolute Gasteiger partial charge is 0.135 e. The summed E-state index contributed by atoms with van der Waals surface area (Å²) in [6, 6.07) is 11.0. The summed E-state index contributed by atoms with van der Waals surface area (Å²) in [6.07, 6.45) is 0.674. The van der Waals surface area contributed by atoms with Gasteiger partial charge in [-0.1, -0.05) is 30.4 Å². The molecule has 0 bridgehead atoms. The van der Waals surface area contributed by atoms with Gasteiger partial charge < -0.3 is 11.1 Å². The van der Waals surface area contributed by atoms with Crippen molar-refractivity contribution in [1.29, 1.82) is 0 Å². The molecule has 1 atom stereocenters. The van der Waals surface area contributed by atoms with E-state index in [4.69, 9.17) is 18.0 Å². The lowest BCUT2D eigenvalue weighted by Gasteiger charge is -2.18. The fourth-order valence-corrected chi connectivity index (χ4v) is 2.39. The first kappa shape index (κ1) is 15.4. The fraction of sp³-hybridized carbons (Fsp3) is 0.188. The minimum atomic E-state index is -0.443. The summed E-state index contributed by atoms with van der Waals surface area (Å²) < 4.78 is 26.6. The van der Waals surface area contributed by atoms with Gasteiger partial charge in [-0.15, -0.1) is 0 Å². The highest BCUT2D eigenvalue weighted by Gasteiger charge is 2.13. The monoisotopic (exact) mass is 306 g/mol. The number of benzene rings is 2. The minimum absolute atomic E-state index is 0.0181. The molecule has 3 N–H and O–H groups in total. The van der Waals surface area contributed by atoms with Crippen molar-refractivity contribution < 1.29 is 8.78 Å². The van der Waals surface area contributed by atoms with Gasteiger partial charge in [-0.2, -0.15) is 0 Å². The Bertz CT molecular complexity index is 641. The van der Waals surface area contributed by atoms with Crippen LogP contribution >= 0.6 is 12.2 Å². The molecule has 0 amide bonds.